The summed E-state index contributed by atoms with van der Waals surface area (Å²) in [7, 11) is 0. The van der Waals surface area contributed by atoms with Gasteiger partial charge in [-0.05, 0) is 66.1 Å². The van der Waals surface area contributed by atoms with E-state index in [0.717, 1.165) is 16.8 Å². The molecule has 2 aromatic heterocycles. The van der Waals surface area contributed by atoms with Gasteiger partial charge >= 0.3 is 0 Å². The molecule has 0 spiro atoms. The molecule has 3 heterocycles. The summed E-state index contributed by atoms with van der Waals surface area (Å²) in [6.45, 7) is 1.93. The Bertz CT molecular complexity index is 1310. The van der Waals surface area contributed by atoms with Gasteiger partial charge in [-0.25, -0.2) is 14.8 Å². The highest BCUT2D eigenvalue weighted by Gasteiger charge is 2.22. The number of benzene rings is 2. The van der Waals surface area contributed by atoms with Crippen molar-refractivity contribution in [3.8, 4) is 0 Å². The zero-order chi connectivity index (χ0) is 21.4. The van der Waals surface area contributed by atoms with E-state index in [1.54, 1.807) is 39.6 Å². The highest BCUT2D eigenvalue weighted by molar-refractivity contribution is 6.04. The van der Waals surface area contributed by atoms with Crippen LogP contribution in [0.15, 0.2) is 78.2 Å². The van der Waals surface area contributed by atoms with E-state index in [2.05, 4.69) is 20.8 Å². The molecule has 0 aliphatic carbocycles. The molecule has 2 aromatic carbocycles. The van der Waals surface area contributed by atoms with E-state index >= 15 is 0 Å². The number of hydrogen-bond acceptors (Lipinski definition) is 5. The molecule has 1 aliphatic rings. The molecular weight excluding hydrogens is 397 g/mol. The van der Waals surface area contributed by atoms with Gasteiger partial charge in [-0.2, -0.15) is 0 Å². The second-order valence-corrected chi connectivity index (χ2v) is 7.11. The van der Waals surface area contributed by atoms with Crippen LogP contribution in [0.5, 0.6) is 0 Å². The van der Waals surface area contributed by atoms with Crippen LogP contribution in [0.25, 0.3) is 5.65 Å². The van der Waals surface area contributed by atoms with Crippen molar-refractivity contribution in [2.24, 2.45) is 5.10 Å². The largest absolute Gasteiger partial charge is 0.320 e. The van der Waals surface area contributed by atoms with Crippen LogP contribution in [-0.2, 0) is 0 Å². The van der Waals surface area contributed by atoms with Crippen LogP contribution in [0.4, 0.5) is 15.8 Å². The van der Waals surface area contributed by atoms with Crippen LogP contribution < -0.4 is 21.4 Å². The number of nitrogens with zero attached hydrogens (tertiary/aromatic N) is 4. The lowest BCUT2D eigenvalue weighted by atomic mass is 10.1. The van der Waals surface area contributed by atoms with Gasteiger partial charge in [-0.3, -0.25) is 9.20 Å². The summed E-state index contributed by atoms with van der Waals surface area (Å²) in [4.78, 5) is 17.1. The summed E-state index contributed by atoms with van der Waals surface area (Å²) in [5, 5.41) is 9.07. The molecule has 31 heavy (non-hydrogen) atoms. The number of halogens is 1. The van der Waals surface area contributed by atoms with E-state index in [4.69, 9.17) is 0 Å². The molecule has 0 radical (unpaired) electrons. The van der Waals surface area contributed by atoms with Gasteiger partial charge in [0.1, 0.15) is 22.8 Å². The van der Waals surface area contributed by atoms with Crippen LogP contribution in [0.3, 0.4) is 0 Å². The molecule has 0 fully saturated rings. The number of rotatable bonds is 4. The minimum atomic E-state index is -0.298. The molecular formula is C22H19FN7O+. The molecule has 0 saturated carbocycles. The number of imidazole rings is 1. The number of amides is 1. The molecule has 8 nitrogen and oxygen atoms in total. The van der Waals surface area contributed by atoms with Gasteiger partial charge in [0.25, 0.3) is 5.91 Å². The topological polar surface area (TPSA) is 90.6 Å². The zero-order valence-electron chi connectivity index (χ0n) is 16.6. The average molecular weight is 416 g/mol. The highest BCUT2D eigenvalue weighted by Crippen LogP contribution is 2.23. The summed E-state index contributed by atoms with van der Waals surface area (Å²) in [6, 6.07) is 17.4. The first-order chi connectivity index (χ1) is 15.1. The van der Waals surface area contributed by atoms with E-state index < -0.39 is 0 Å². The smallest absolute Gasteiger partial charge is 0.274 e. The Labute approximate surface area is 177 Å². The van der Waals surface area contributed by atoms with Gasteiger partial charge in [0.05, 0.1) is 6.20 Å². The number of quaternary nitrogens is 1. The minimum absolute atomic E-state index is 0.249. The lowest BCUT2D eigenvalue weighted by Gasteiger charge is -2.16. The van der Waals surface area contributed by atoms with E-state index in [1.165, 1.54) is 12.1 Å². The molecule has 154 valence electrons. The standard InChI is InChI=1S/C22H18FN7O/c1-14-5-10-17(30-27-21(26-28-30)15-6-8-16(23)9-7-15)12-18(14)25-22(31)19-13-24-20-4-2-3-11-29(19)20/h2-13,28H,1H3,(H,25,31)(H,26,27)/p+1. The third-order valence-corrected chi connectivity index (χ3v) is 5.04. The number of carbonyl (C=O) groups is 1. The van der Waals surface area contributed by atoms with E-state index in [0.29, 0.717) is 22.9 Å². The molecule has 0 bridgehead atoms. The van der Waals surface area contributed by atoms with Crippen LogP contribution in [-0.4, -0.2) is 21.1 Å². The van der Waals surface area contributed by atoms with Crippen molar-refractivity contribution in [3.05, 3.63) is 95.7 Å². The maximum Gasteiger partial charge on any atom is 0.274 e. The molecule has 9 heteroatoms. The maximum absolute atomic E-state index is 13.2. The Morgan fingerprint density at radius 1 is 1.13 bits per heavy atom. The Kier molecular flexibility index (Phi) is 4.57. The van der Waals surface area contributed by atoms with Gasteiger partial charge in [-0.1, -0.05) is 12.1 Å². The normalized spacial score (nSPS) is 13.2. The molecule has 0 atom stereocenters. The molecule has 5 rings (SSSR count). The number of nitrogens with one attached hydrogen (secondary N) is 2. The van der Waals surface area contributed by atoms with Gasteiger partial charge in [-0.15, -0.1) is 10.7 Å². The first kappa shape index (κ1) is 18.8. The van der Waals surface area contributed by atoms with Crippen molar-refractivity contribution in [1.29, 1.82) is 0 Å². The highest BCUT2D eigenvalue weighted by atomic mass is 19.1. The second-order valence-electron chi connectivity index (χ2n) is 7.11. The van der Waals surface area contributed by atoms with Crippen molar-refractivity contribution >= 4 is 28.8 Å². The number of amidine groups is 1. The number of pyridine rings is 1. The number of carbonyl (C=O) groups excluding carboxylic acids is 1. The van der Waals surface area contributed by atoms with Gasteiger partial charge in [0.2, 0.25) is 5.84 Å². The quantitative estimate of drug-likeness (QED) is 0.445. The molecule has 1 aliphatic heterocycles. The molecule has 4 N–H and O–H groups in total. The first-order valence-corrected chi connectivity index (χ1v) is 9.65. The van der Waals surface area contributed by atoms with Crippen molar-refractivity contribution in [2.45, 2.75) is 6.92 Å². The fraction of sp³-hybridized carbons (Fsp3) is 0.0455. The molecule has 1 amide bonds. The number of aryl methyl sites for hydroxylation is 1. The molecule has 0 unspecified atom stereocenters. The Hall–Kier alpha value is -4.24. The fourth-order valence-corrected chi connectivity index (χ4v) is 3.35. The Morgan fingerprint density at radius 3 is 2.81 bits per heavy atom. The Balaban J connectivity index is 1.35. The summed E-state index contributed by atoms with van der Waals surface area (Å²) in [5.74, 6) is 0.0607. The first-order valence-electron chi connectivity index (χ1n) is 9.65. The number of fused-ring (bicyclic) bond motifs is 1. The zero-order valence-corrected chi connectivity index (χ0v) is 16.6. The minimum Gasteiger partial charge on any atom is -0.320 e. The van der Waals surface area contributed by atoms with Gasteiger partial charge in [0, 0.05) is 17.4 Å². The predicted molar refractivity (Wildman–Crippen MR) is 115 cm³/mol. The summed E-state index contributed by atoms with van der Waals surface area (Å²) in [6.07, 6.45) is 3.36. The third kappa shape index (κ3) is 3.58. The van der Waals surface area contributed by atoms with E-state index in [9.17, 15) is 9.18 Å². The van der Waals surface area contributed by atoms with Gasteiger partial charge < -0.3 is 5.32 Å². The lowest BCUT2D eigenvalue weighted by molar-refractivity contribution is -0.669. The van der Waals surface area contributed by atoms with Crippen LogP contribution in [0.1, 0.15) is 21.6 Å². The van der Waals surface area contributed by atoms with E-state index in [1.807, 2.05) is 43.3 Å². The average Bonchev–Trinajstić information content (AvgIpc) is 3.43. The third-order valence-electron chi connectivity index (χ3n) is 5.04. The summed E-state index contributed by atoms with van der Waals surface area (Å²) in [5.41, 5.74) is 9.14. The van der Waals surface area contributed by atoms with Crippen molar-refractivity contribution in [3.63, 3.8) is 0 Å². The Morgan fingerprint density at radius 2 is 1.97 bits per heavy atom. The lowest BCUT2D eigenvalue weighted by Crippen LogP contribution is -2.89. The number of aromatic nitrogens is 2. The van der Waals surface area contributed by atoms with Crippen molar-refractivity contribution < 1.29 is 14.7 Å². The van der Waals surface area contributed by atoms with Crippen molar-refractivity contribution in [1.82, 2.24) is 14.8 Å². The van der Waals surface area contributed by atoms with Gasteiger partial charge in [0.15, 0.2) is 0 Å². The van der Waals surface area contributed by atoms with Crippen molar-refractivity contribution in [2.75, 3.05) is 10.4 Å². The summed E-state index contributed by atoms with van der Waals surface area (Å²) < 4.78 is 14.9. The molecule has 0 saturated heterocycles. The second kappa shape index (κ2) is 7.54. The number of nitrogens with two attached hydrogens (primary N) is 1. The van der Waals surface area contributed by atoms with Crippen LogP contribution >= 0.6 is 0 Å². The predicted octanol–water partition coefficient (Wildman–Crippen LogP) is 2.20. The SMILES string of the molecule is Cc1ccc(N2NC(c3ccc(F)cc3)=N[NH2+]2)cc1NC(=O)c1cnc2ccccn12. The maximum atomic E-state index is 13.2. The number of anilines is 2. The van der Waals surface area contributed by atoms with Crippen LogP contribution in [0.2, 0.25) is 0 Å². The number of hydrogen-bond donors (Lipinski definition) is 3. The number of hydrazine groups is 1. The monoisotopic (exact) mass is 416 g/mol. The van der Waals surface area contributed by atoms with E-state index in [-0.39, 0.29) is 11.7 Å². The molecule has 4 aromatic rings. The van der Waals surface area contributed by atoms with Crippen LogP contribution in [0, 0.1) is 12.7 Å². The summed E-state index contributed by atoms with van der Waals surface area (Å²) >= 11 is 0. The fourth-order valence-electron chi connectivity index (χ4n) is 3.35.